The second kappa shape index (κ2) is 18.7. The van der Waals surface area contributed by atoms with Crippen LogP contribution in [-0.2, 0) is 25.6 Å². The first-order valence-electron chi connectivity index (χ1n) is 16.8. The maximum atomic E-state index is 13.5. The van der Waals surface area contributed by atoms with E-state index in [1.807, 2.05) is 39.0 Å². The minimum absolute atomic E-state index is 0.0353. The zero-order valence-corrected chi connectivity index (χ0v) is 29.5. The monoisotopic (exact) mass is 681 g/mol. The molecule has 1 heterocycles. The summed E-state index contributed by atoms with van der Waals surface area (Å²) < 4.78 is 16.9. The molecule has 5 amide bonds. The van der Waals surface area contributed by atoms with Crippen LogP contribution in [0, 0.1) is 11.8 Å². The average molecular weight is 682 g/mol. The molecular weight excluding hydrogens is 630 g/mol. The molecule has 0 radical (unpaired) electrons. The minimum atomic E-state index is -1.26. The molecular formula is C36H51N5O8. The Morgan fingerprint density at radius 2 is 1.59 bits per heavy atom. The summed E-state index contributed by atoms with van der Waals surface area (Å²) >= 11 is 0. The van der Waals surface area contributed by atoms with Gasteiger partial charge >= 0.3 is 0 Å². The van der Waals surface area contributed by atoms with Gasteiger partial charge in [-0.25, -0.2) is 0 Å². The second-order valence-corrected chi connectivity index (χ2v) is 12.8. The van der Waals surface area contributed by atoms with Gasteiger partial charge in [-0.2, -0.15) is 0 Å². The molecule has 268 valence electrons. The normalized spacial score (nSPS) is 20.9. The molecule has 2 aromatic carbocycles. The molecule has 1 aliphatic rings. The van der Waals surface area contributed by atoms with E-state index in [0.717, 1.165) is 5.56 Å². The Kier molecular flexibility index (Phi) is 14.7. The van der Waals surface area contributed by atoms with E-state index in [4.69, 9.17) is 14.2 Å². The van der Waals surface area contributed by atoms with Crippen molar-refractivity contribution < 1.29 is 38.2 Å². The van der Waals surface area contributed by atoms with Gasteiger partial charge in [0.15, 0.2) is 11.5 Å². The Bertz CT molecular complexity index is 1460. The van der Waals surface area contributed by atoms with Crippen molar-refractivity contribution in [1.82, 2.24) is 26.6 Å². The molecule has 0 aliphatic carbocycles. The lowest BCUT2D eigenvalue weighted by Crippen LogP contribution is -2.58. The molecule has 0 bridgehead atoms. The van der Waals surface area contributed by atoms with Gasteiger partial charge in [-0.3, -0.25) is 24.0 Å². The van der Waals surface area contributed by atoms with Crippen molar-refractivity contribution >= 4 is 29.5 Å². The van der Waals surface area contributed by atoms with Gasteiger partial charge in [0.25, 0.3) is 5.91 Å². The van der Waals surface area contributed by atoms with Crippen LogP contribution in [0.25, 0.3) is 0 Å². The van der Waals surface area contributed by atoms with E-state index < -0.39 is 60.1 Å². The van der Waals surface area contributed by atoms with Crippen molar-refractivity contribution in [2.45, 2.75) is 85.0 Å². The Hall–Kier alpha value is -4.81. The number of fused-ring (bicyclic) bond motifs is 1. The number of hydrogen-bond acceptors (Lipinski definition) is 8. The highest BCUT2D eigenvalue weighted by molar-refractivity contribution is 6.01. The second-order valence-electron chi connectivity index (χ2n) is 12.8. The van der Waals surface area contributed by atoms with Crippen LogP contribution in [0.4, 0.5) is 0 Å². The molecule has 0 fully saturated rings. The molecule has 0 aromatic heterocycles. The maximum Gasteiger partial charge on any atom is 0.255 e. The van der Waals surface area contributed by atoms with Crippen LogP contribution in [-0.4, -0.2) is 80.6 Å². The SMILES string of the molecule is CCOc1ccc(CCCNC(=O)[C@@H]2CC(=O)N[C@@H](C(C)C)C(=O)N[C@H](C(C)C)C(=O)N[C@@H](C)COc3ccccc3C(=O)N2)cc1OC. The number of hydrogen-bond donors (Lipinski definition) is 5. The predicted octanol–water partition coefficient (Wildman–Crippen LogP) is 2.51. The third kappa shape index (κ3) is 11.4. The van der Waals surface area contributed by atoms with E-state index in [1.54, 1.807) is 52.1 Å². The van der Waals surface area contributed by atoms with Crippen LogP contribution >= 0.6 is 0 Å². The summed E-state index contributed by atoms with van der Waals surface area (Å²) in [6.07, 6.45) is 0.770. The number of ether oxygens (including phenoxy) is 3. The first-order chi connectivity index (χ1) is 23.3. The number of rotatable bonds is 10. The lowest BCUT2D eigenvalue weighted by Gasteiger charge is -2.28. The lowest BCUT2D eigenvalue weighted by molar-refractivity contribution is -0.134. The predicted molar refractivity (Wildman–Crippen MR) is 184 cm³/mol. The average Bonchev–Trinajstić information content (AvgIpc) is 3.06. The quantitative estimate of drug-likeness (QED) is 0.238. The van der Waals surface area contributed by atoms with Gasteiger partial charge in [-0.1, -0.05) is 45.9 Å². The number of carbonyl (C=O) groups is 5. The van der Waals surface area contributed by atoms with E-state index in [-0.39, 0.29) is 36.3 Å². The maximum absolute atomic E-state index is 13.5. The van der Waals surface area contributed by atoms with E-state index in [2.05, 4.69) is 26.6 Å². The fourth-order valence-electron chi connectivity index (χ4n) is 5.31. The number of aryl methyl sites for hydroxylation is 1. The van der Waals surface area contributed by atoms with Crippen LogP contribution in [0.3, 0.4) is 0 Å². The fourth-order valence-corrected chi connectivity index (χ4v) is 5.31. The van der Waals surface area contributed by atoms with Gasteiger partial charge < -0.3 is 40.8 Å². The van der Waals surface area contributed by atoms with E-state index >= 15 is 0 Å². The topological polar surface area (TPSA) is 173 Å². The fraction of sp³-hybridized carbons (Fsp3) is 0.528. The number of nitrogens with one attached hydrogen (secondary N) is 5. The molecule has 13 nitrogen and oxygen atoms in total. The zero-order valence-electron chi connectivity index (χ0n) is 29.5. The summed E-state index contributed by atoms with van der Waals surface area (Å²) in [6, 6.07) is 8.58. The summed E-state index contributed by atoms with van der Waals surface area (Å²) in [5.74, 6) is -1.82. The highest BCUT2D eigenvalue weighted by atomic mass is 16.5. The summed E-state index contributed by atoms with van der Waals surface area (Å²) in [6.45, 7) is 11.6. The molecule has 2 aromatic rings. The van der Waals surface area contributed by atoms with Gasteiger partial charge in [0.2, 0.25) is 23.6 Å². The van der Waals surface area contributed by atoms with Gasteiger partial charge in [-0.05, 0) is 68.4 Å². The molecule has 5 N–H and O–H groups in total. The highest BCUT2D eigenvalue weighted by Gasteiger charge is 2.33. The van der Waals surface area contributed by atoms with Gasteiger partial charge in [-0.15, -0.1) is 0 Å². The Morgan fingerprint density at radius 3 is 2.27 bits per heavy atom. The Labute approximate surface area is 288 Å². The Morgan fingerprint density at radius 1 is 0.918 bits per heavy atom. The van der Waals surface area contributed by atoms with Gasteiger partial charge in [0.05, 0.1) is 31.7 Å². The van der Waals surface area contributed by atoms with E-state index in [0.29, 0.717) is 30.9 Å². The molecule has 0 unspecified atom stereocenters. The summed E-state index contributed by atoms with van der Waals surface area (Å²) in [5, 5.41) is 13.9. The molecule has 0 saturated heterocycles. The summed E-state index contributed by atoms with van der Waals surface area (Å²) in [4.78, 5) is 67.0. The number of benzene rings is 2. The number of amides is 5. The van der Waals surface area contributed by atoms with Crippen molar-refractivity contribution in [1.29, 1.82) is 0 Å². The zero-order chi connectivity index (χ0) is 36.1. The van der Waals surface area contributed by atoms with E-state index in [9.17, 15) is 24.0 Å². The number of carbonyl (C=O) groups excluding carboxylic acids is 5. The molecule has 0 saturated carbocycles. The summed E-state index contributed by atoms with van der Waals surface area (Å²) in [5.41, 5.74) is 1.15. The van der Waals surface area contributed by atoms with Crippen molar-refractivity contribution in [2.24, 2.45) is 11.8 Å². The van der Waals surface area contributed by atoms with Crippen molar-refractivity contribution in [2.75, 3.05) is 26.9 Å². The molecule has 0 spiro atoms. The first-order valence-corrected chi connectivity index (χ1v) is 16.8. The van der Waals surface area contributed by atoms with Gasteiger partial charge in [0.1, 0.15) is 30.5 Å². The smallest absolute Gasteiger partial charge is 0.255 e. The van der Waals surface area contributed by atoms with Gasteiger partial charge in [0, 0.05) is 6.54 Å². The highest BCUT2D eigenvalue weighted by Crippen LogP contribution is 2.28. The standard InChI is InChI=1S/C36H51N5O8/c1-8-48-28-16-15-24(18-29(28)47-7)12-11-17-37-34(44)26-19-30(42)40-31(21(2)3)36(46)41-32(22(4)5)35(45)38-23(6)20-49-27-14-10-9-13-25(27)33(43)39-26/h9-10,13-16,18,21-23,26,31-32H,8,11-12,17,19-20H2,1-7H3,(H,37,44)(H,38,45)(H,39,43)(H,40,42)(H,41,46)/t23-,26-,31-,32+/m0/s1. The Balaban J connectivity index is 1.83. The molecule has 4 atom stereocenters. The molecule has 13 heteroatoms. The van der Waals surface area contributed by atoms with Crippen molar-refractivity contribution in [3.05, 3.63) is 53.6 Å². The van der Waals surface area contributed by atoms with Crippen molar-refractivity contribution in [3.63, 3.8) is 0 Å². The van der Waals surface area contributed by atoms with E-state index in [1.165, 1.54) is 0 Å². The third-order valence-corrected chi connectivity index (χ3v) is 8.00. The largest absolute Gasteiger partial charge is 0.493 e. The molecule has 49 heavy (non-hydrogen) atoms. The number of methoxy groups -OCH3 is 1. The lowest BCUT2D eigenvalue weighted by atomic mass is 9.99. The van der Waals surface area contributed by atoms with Crippen LogP contribution in [0.1, 0.15) is 70.3 Å². The van der Waals surface area contributed by atoms with Crippen LogP contribution in [0.5, 0.6) is 17.2 Å². The number of para-hydroxylation sites is 1. The van der Waals surface area contributed by atoms with Crippen molar-refractivity contribution in [3.8, 4) is 17.2 Å². The van der Waals surface area contributed by atoms with Crippen LogP contribution in [0.15, 0.2) is 42.5 Å². The molecule has 1 aliphatic heterocycles. The molecule has 3 rings (SSSR count). The third-order valence-electron chi connectivity index (χ3n) is 8.00. The van der Waals surface area contributed by atoms with Crippen LogP contribution in [0.2, 0.25) is 0 Å². The van der Waals surface area contributed by atoms with Crippen LogP contribution < -0.4 is 40.8 Å². The first kappa shape index (κ1) is 38.6. The summed E-state index contributed by atoms with van der Waals surface area (Å²) in [7, 11) is 1.57. The minimum Gasteiger partial charge on any atom is -0.493 e.